The summed E-state index contributed by atoms with van der Waals surface area (Å²) in [4.78, 5) is 10.3. The van der Waals surface area contributed by atoms with Gasteiger partial charge in [0.05, 0.1) is 44.5 Å². The van der Waals surface area contributed by atoms with Crippen LogP contribution in [-0.4, -0.2) is 19.1 Å². The molecule has 0 N–H and O–H groups in total. The van der Waals surface area contributed by atoms with Crippen LogP contribution in [0.4, 0.5) is 5.69 Å². The molecule has 1 rings (SSSR count). The molecule has 0 aromatic heterocycles. The van der Waals surface area contributed by atoms with E-state index in [1.807, 2.05) is 0 Å². The van der Waals surface area contributed by atoms with Gasteiger partial charge in [-0.2, -0.15) is 0 Å². The van der Waals surface area contributed by atoms with Gasteiger partial charge in [0.1, 0.15) is 0 Å². The molecule has 0 aliphatic rings. The third-order valence-electron chi connectivity index (χ3n) is 2.04. The summed E-state index contributed by atoms with van der Waals surface area (Å²) in [7, 11) is 6.06. The third-order valence-corrected chi connectivity index (χ3v) is 2.04. The van der Waals surface area contributed by atoms with Crippen LogP contribution in [0.5, 0.6) is 11.5 Å². The summed E-state index contributed by atoms with van der Waals surface area (Å²) in [6.07, 6.45) is 0. The molecule has 0 saturated heterocycles. The molecule has 0 heterocycles. The van der Waals surface area contributed by atoms with Crippen LogP contribution in [-0.2, 0) is 11.3 Å². The smallest absolute Gasteiger partial charge is 0.278 e. The molecular formula is C10H12NO5. The molecule has 6 heteroatoms. The molecule has 0 bridgehead atoms. The fraction of sp³-hybridized carbons (Fsp3) is 0.300. The summed E-state index contributed by atoms with van der Waals surface area (Å²) in [5, 5.41) is 10.8. The zero-order chi connectivity index (χ0) is 12.1. The Morgan fingerprint density at radius 1 is 1.31 bits per heavy atom. The molecular weight excluding hydrogens is 214 g/mol. The van der Waals surface area contributed by atoms with Crippen molar-refractivity contribution in [3.63, 3.8) is 0 Å². The van der Waals surface area contributed by atoms with E-state index < -0.39 is 4.92 Å². The summed E-state index contributed by atoms with van der Waals surface area (Å²) >= 11 is 0. The van der Waals surface area contributed by atoms with Crippen LogP contribution in [0, 0.1) is 17.2 Å². The lowest BCUT2D eigenvalue weighted by atomic mass is 10.1. The molecule has 1 aromatic rings. The van der Waals surface area contributed by atoms with E-state index in [9.17, 15) is 10.1 Å². The molecule has 0 spiro atoms. The number of nitro groups is 1. The minimum Gasteiger partial charge on any atom is -0.493 e. The van der Waals surface area contributed by atoms with Crippen LogP contribution in [0.3, 0.4) is 0 Å². The Morgan fingerprint density at radius 3 is 2.31 bits per heavy atom. The average molecular weight is 226 g/mol. The quantitative estimate of drug-likeness (QED) is 0.566. The second kappa shape index (κ2) is 5.32. The van der Waals surface area contributed by atoms with E-state index in [-0.39, 0.29) is 12.3 Å². The molecule has 0 aliphatic heterocycles. The van der Waals surface area contributed by atoms with Crippen LogP contribution in [0.1, 0.15) is 5.56 Å². The third kappa shape index (κ3) is 2.40. The maximum absolute atomic E-state index is 10.8. The number of methoxy groups -OCH3 is 2. The van der Waals surface area contributed by atoms with E-state index in [2.05, 4.69) is 11.8 Å². The fourth-order valence-electron chi connectivity index (χ4n) is 1.31. The van der Waals surface area contributed by atoms with E-state index in [4.69, 9.17) is 9.47 Å². The highest BCUT2D eigenvalue weighted by molar-refractivity contribution is 5.54. The maximum Gasteiger partial charge on any atom is 0.278 e. The van der Waals surface area contributed by atoms with Crippen LogP contribution in [0.2, 0.25) is 0 Å². The zero-order valence-corrected chi connectivity index (χ0v) is 9.06. The van der Waals surface area contributed by atoms with Gasteiger partial charge < -0.3 is 14.2 Å². The Bertz CT molecular complexity index is 391. The number of nitrogens with zero attached hydrogens (tertiary/aromatic N) is 1. The Labute approximate surface area is 92.9 Å². The number of ether oxygens (including phenoxy) is 3. The minimum atomic E-state index is -0.504. The predicted octanol–water partition coefficient (Wildman–Crippen LogP) is 1.92. The first-order valence-electron chi connectivity index (χ1n) is 4.40. The molecule has 0 amide bonds. The first kappa shape index (κ1) is 12.3. The first-order chi connectivity index (χ1) is 7.63. The van der Waals surface area contributed by atoms with Crippen LogP contribution in [0.25, 0.3) is 0 Å². The molecule has 0 fully saturated rings. The fourth-order valence-corrected chi connectivity index (χ4v) is 1.31. The van der Waals surface area contributed by atoms with Crippen molar-refractivity contribution in [2.45, 2.75) is 6.61 Å². The summed E-state index contributed by atoms with van der Waals surface area (Å²) < 4.78 is 14.6. The van der Waals surface area contributed by atoms with E-state index in [0.29, 0.717) is 17.1 Å². The molecule has 87 valence electrons. The lowest BCUT2D eigenvalue weighted by Crippen LogP contribution is -1.99. The summed E-state index contributed by atoms with van der Waals surface area (Å²) in [5.74, 6) is 0.724. The van der Waals surface area contributed by atoms with Gasteiger partial charge in [0.15, 0.2) is 11.5 Å². The van der Waals surface area contributed by atoms with Gasteiger partial charge in [0, 0.05) is 0 Å². The number of rotatable bonds is 5. The molecule has 6 nitrogen and oxygen atoms in total. The summed E-state index contributed by atoms with van der Waals surface area (Å²) in [5.41, 5.74) is 0.305. The van der Waals surface area contributed by atoms with Crippen molar-refractivity contribution in [3.8, 4) is 11.5 Å². The Morgan fingerprint density at radius 2 is 1.88 bits per heavy atom. The maximum atomic E-state index is 10.8. The lowest BCUT2D eigenvalue weighted by Gasteiger charge is -2.09. The second-order valence-corrected chi connectivity index (χ2v) is 2.94. The number of hydrogen-bond donors (Lipinski definition) is 0. The van der Waals surface area contributed by atoms with Crippen molar-refractivity contribution >= 4 is 5.69 Å². The molecule has 0 saturated carbocycles. The lowest BCUT2D eigenvalue weighted by molar-refractivity contribution is -0.386. The van der Waals surface area contributed by atoms with Gasteiger partial charge >= 0.3 is 0 Å². The van der Waals surface area contributed by atoms with E-state index in [0.717, 1.165) is 0 Å². The summed E-state index contributed by atoms with van der Waals surface area (Å²) in [6, 6.07) is 2.80. The van der Waals surface area contributed by atoms with E-state index in [1.165, 1.54) is 26.4 Å². The predicted molar refractivity (Wildman–Crippen MR) is 56.3 cm³/mol. The van der Waals surface area contributed by atoms with Gasteiger partial charge in [-0.05, 0) is 6.07 Å². The van der Waals surface area contributed by atoms with Crippen molar-refractivity contribution in [3.05, 3.63) is 34.9 Å². The number of hydrogen-bond acceptors (Lipinski definition) is 5. The van der Waals surface area contributed by atoms with Crippen molar-refractivity contribution in [2.75, 3.05) is 14.2 Å². The SMILES string of the molecule is [CH2]OCc1cc(OC)c(OC)cc1[N+](=O)[O-]. The molecule has 1 aromatic carbocycles. The van der Waals surface area contributed by atoms with Gasteiger partial charge in [-0.3, -0.25) is 10.1 Å². The van der Waals surface area contributed by atoms with Gasteiger partial charge in [-0.1, -0.05) is 0 Å². The Balaban J connectivity index is 3.29. The largest absolute Gasteiger partial charge is 0.493 e. The van der Waals surface area contributed by atoms with Crippen molar-refractivity contribution in [2.24, 2.45) is 0 Å². The number of nitro benzene ring substituents is 1. The molecule has 1 radical (unpaired) electrons. The molecule has 0 unspecified atom stereocenters. The van der Waals surface area contributed by atoms with Gasteiger partial charge in [0.25, 0.3) is 5.69 Å². The van der Waals surface area contributed by atoms with Crippen LogP contribution < -0.4 is 9.47 Å². The minimum absolute atomic E-state index is 0.0384. The highest BCUT2D eigenvalue weighted by Gasteiger charge is 2.18. The molecule has 0 atom stereocenters. The van der Waals surface area contributed by atoms with Gasteiger partial charge in [-0.25, -0.2) is 0 Å². The number of benzene rings is 1. The van der Waals surface area contributed by atoms with Crippen molar-refractivity contribution < 1.29 is 19.1 Å². The van der Waals surface area contributed by atoms with E-state index >= 15 is 0 Å². The zero-order valence-electron chi connectivity index (χ0n) is 9.06. The Kier molecular flexibility index (Phi) is 4.07. The van der Waals surface area contributed by atoms with Crippen LogP contribution >= 0.6 is 0 Å². The van der Waals surface area contributed by atoms with Crippen LogP contribution in [0.15, 0.2) is 12.1 Å². The van der Waals surface area contributed by atoms with Gasteiger partial charge in [0.2, 0.25) is 0 Å². The average Bonchev–Trinajstić information content (AvgIpc) is 2.28. The topological polar surface area (TPSA) is 70.8 Å². The van der Waals surface area contributed by atoms with Crippen molar-refractivity contribution in [1.82, 2.24) is 0 Å². The molecule has 0 aliphatic carbocycles. The van der Waals surface area contributed by atoms with Gasteiger partial charge in [-0.15, -0.1) is 0 Å². The first-order valence-corrected chi connectivity index (χ1v) is 4.40. The van der Waals surface area contributed by atoms with Crippen molar-refractivity contribution in [1.29, 1.82) is 0 Å². The normalized spacial score (nSPS) is 9.94. The molecule has 16 heavy (non-hydrogen) atoms. The Hall–Kier alpha value is -1.82. The second-order valence-electron chi connectivity index (χ2n) is 2.94. The van der Waals surface area contributed by atoms with E-state index in [1.54, 1.807) is 0 Å². The highest BCUT2D eigenvalue weighted by Crippen LogP contribution is 2.34. The monoisotopic (exact) mass is 226 g/mol. The highest BCUT2D eigenvalue weighted by atomic mass is 16.6. The standard InChI is InChI=1S/C10H12NO5/c1-14-6-7-4-9(15-2)10(16-3)5-8(7)11(12)13/h4-5H,1,6H2,2-3H3. The summed E-state index contributed by atoms with van der Waals surface area (Å²) in [6.45, 7) is 0.0384.